The number of ketones is 1. The van der Waals surface area contributed by atoms with E-state index in [9.17, 15) is 19.2 Å². The van der Waals surface area contributed by atoms with E-state index in [-0.39, 0.29) is 34.8 Å². The number of H-pyrrole nitrogens is 1. The van der Waals surface area contributed by atoms with Crippen LogP contribution in [0.2, 0.25) is 0 Å². The molecule has 208 valence electrons. The van der Waals surface area contributed by atoms with E-state index in [1.54, 1.807) is 30.3 Å². The maximum atomic E-state index is 13.3. The predicted molar refractivity (Wildman–Crippen MR) is 154 cm³/mol. The van der Waals surface area contributed by atoms with Crippen LogP contribution in [0.4, 0.5) is 11.6 Å². The smallest absolute Gasteiger partial charge is 0.280 e. The number of Topliss-reactive ketones (excluding diaryl/α,β-unsaturated/α-hetero) is 1. The number of aromatic amines is 1. The van der Waals surface area contributed by atoms with Gasteiger partial charge in [-0.1, -0.05) is 36.4 Å². The number of fused-ring (bicyclic) bond motifs is 1. The molecule has 1 aliphatic rings. The molecule has 3 N–H and O–H groups in total. The first-order chi connectivity index (χ1) is 19.9. The number of benzene rings is 2. The number of carbonyl (C=O) groups is 3. The van der Waals surface area contributed by atoms with Crippen molar-refractivity contribution in [2.24, 2.45) is 5.92 Å². The van der Waals surface area contributed by atoms with Crippen molar-refractivity contribution in [3.63, 3.8) is 0 Å². The maximum Gasteiger partial charge on any atom is 0.280 e. The lowest BCUT2D eigenvalue weighted by atomic mass is 9.98. The highest BCUT2D eigenvalue weighted by Crippen LogP contribution is 2.32. The number of amides is 1. The Morgan fingerprint density at radius 1 is 1.12 bits per heavy atom. The molecule has 0 radical (unpaired) electrons. The average molecular weight is 552 g/mol. The second-order valence-electron chi connectivity index (χ2n) is 9.85. The topological polar surface area (TPSA) is 150 Å². The minimum Gasteiger partial charge on any atom is -0.379 e. The van der Waals surface area contributed by atoms with Gasteiger partial charge in [-0.2, -0.15) is 4.98 Å². The van der Waals surface area contributed by atoms with Gasteiger partial charge in [0.2, 0.25) is 11.9 Å². The Balaban J connectivity index is 1.28. The van der Waals surface area contributed by atoms with Gasteiger partial charge in [0, 0.05) is 23.8 Å². The Kier molecular flexibility index (Phi) is 8.06. The van der Waals surface area contributed by atoms with E-state index < -0.39 is 17.5 Å². The normalized spacial score (nSPS) is 18.6. The van der Waals surface area contributed by atoms with E-state index in [1.807, 2.05) is 35.2 Å². The summed E-state index contributed by atoms with van der Waals surface area (Å²) in [5, 5.41) is 5.86. The Bertz CT molecular complexity index is 1650. The van der Waals surface area contributed by atoms with Gasteiger partial charge in [0.1, 0.15) is 6.29 Å². The third-order valence-corrected chi connectivity index (χ3v) is 7.13. The zero-order valence-corrected chi connectivity index (χ0v) is 22.4. The molecule has 0 bridgehead atoms. The van der Waals surface area contributed by atoms with Crippen molar-refractivity contribution in [2.75, 3.05) is 10.6 Å². The van der Waals surface area contributed by atoms with Crippen molar-refractivity contribution in [1.82, 2.24) is 24.8 Å². The van der Waals surface area contributed by atoms with Crippen LogP contribution in [0.1, 0.15) is 35.0 Å². The molecule has 41 heavy (non-hydrogen) atoms. The van der Waals surface area contributed by atoms with Crippen molar-refractivity contribution in [2.45, 2.75) is 38.5 Å². The number of aldehydes is 1. The Morgan fingerprint density at radius 3 is 2.56 bits per heavy atom. The fourth-order valence-electron chi connectivity index (χ4n) is 5.02. The first kappa shape index (κ1) is 27.5. The monoisotopic (exact) mass is 551 g/mol. The summed E-state index contributed by atoms with van der Waals surface area (Å²) in [5.41, 5.74) is 2.50. The van der Waals surface area contributed by atoms with Gasteiger partial charge in [-0.3, -0.25) is 29.6 Å². The summed E-state index contributed by atoms with van der Waals surface area (Å²) in [6.45, 7) is 6.20. The minimum absolute atomic E-state index is 0.0156. The van der Waals surface area contributed by atoms with Crippen LogP contribution in [-0.4, -0.2) is 54.9 Å². The molecule has 3 heterocycles. The molecule has 0 spiro atoms. The van der Waals surface area contributed by atoms with Crippen molar-refractivity contribution in [3.05, 3.63) is 101 Å². The first-order valence-electron chi connectivity index (χ1n) is 13.2. The largest absolute Gasteiger partial charge is 0.379 e. The molecule has 11 nitrogen and oxygen atoms in total. The van der Waals surface area contributed by atoms with Gasteiger partial charge in [-0.05, 0) is 43.2 Å². The van der Waals surface area contributed by atoms with Crippen LogP contribution in [0.15, 0.2) is 78.2 Å². The molecule has 0 aliphatic carbocycles. The predicted octanol–water partition coefficient (Wildman–Crippen LogP) is 3.11. The second kappa shape index (κ2) is 12.0. The zero-order chi connectivity index (χ0) is 28.9. The molecule has 0 saturated carbocycles. The lowest BCUT2D eigenvalue weighted by Gasteiger charge is -2.27. The number of hydrogen-bond donors (Lipinski definition) is 3. The third kappa shape index (κ3) is 6.10. The summed E-state index contributed by atoms with van der Waals surface area (Å²) in [6, 6.07) is 15.9. The zero-order valence-electron chi connectivity index (χ0n) is 22.4. The Hall–Kier alpha value is -5.03. The number of aromatic nitrogens is 4. The van der Waals surface area contributed by atoms with Crippen LogP contribution >= 0.6 is 0 Å². The lowest BCUT2D eigenvalue weighted by molar-refractivity contribution is -0.120. The molecular formula is C30H29N7O4. The van der Waals surface area contributed by atoms with E-state index in [2.05, 4.69) is 37.1 Å². The highest BCUT2D eigenvalue weighted by molar-refractivity contribution is 5.94. The number of nitrogens with one attached hydrogen (secondary N) is 3. The van der Waals surface area contributed by atoms with Gasteiger partial charge in [0.15, 0.2) is 16.9 Å². The van der Waals surface area contributed by atoms with Gasteiger partial charge < -0.3 is 10.1 Å². The summed E-state index contributed by atoms with van der Waals surface area (Å²) < 4.78 is 0. The number of anilines is 2. The molecule has 1 saturated heterocycles. The molecular weight excluding hydrogens is 522 g/mol. The van der Waals surface area contributed by atoms with E-state index in [1.165, 1.54) is 13.1 Å². The van der Waals surface area contributed by atoms with Crippen LogP contribution in [-0.2, 0) is 22.7 Å². The number of hydrogen-bond acceptors (Lipinski definition) is 9. The standard InChI is InChI=1S/C30H29N7O4/c1-3-25-24(13-23(17-38)37(25)16-19-7-5-4-6-8-19)28(40)35-30-34-27-26(29(41)36-30)33-22(15-32-27)14-31-21-11-9-20(10-12-21)18(2)39/h3-12,15,17,23-25,31H,1,13-14,16H2,2H3,(H2,32,34,35,36,40,41). The SMILES string of the molecule is C=CC1C(C(=O)Nc2nc3ncc(CNc4ccc(C(C)=O)cc4)nc3c(=O)[nH]2)CC(C=O)N1Cc1ccccc1. The van der Waals surface area contributed by atoms with Gasteiger partial charge in [0.25, 0.3) is 5.56 Å². The molecule has 2 aromatic carbocycles. The molecule has 5 rings (SSSR count). The molecule has 1 aliphatic heterocycles. The molecule has 4 aromatic rings. The van der Waals surface area contributed by atoms with Crippen molar-refractivity contribution in [3.8, 4) is 0 Å². The summed E-state index contributed by atoms with van der Waals surface area (Å²) in [7, 11) is 0. The van der Waals surface area contributed by atoms with E-state index in [0.717, 1.165) is 17.5 Å². The van der Waals surface area contributed by atoms with E-state index in [4.69, 9.17) is 0 Å². The van der Waals surface area contributed by atoms with Crippen molar-refractivity contribution in [1.29, 1.82) is 0 Å². The van der Waals surface area contributed by atoms with E-state index in [0.29, 0.717) is 30.8 Å². The summed E-state index contributed by atoms with van der Waals surface area (Å²) in [4.78, 5) is 66.9. The number of carbonyl (C=O) groups excluding carboxylic acids is 3. The number of likely N-dealkylation sites (tertiary alicyclic amines) is 1. The fraction of sp³-hybridized carbons (Fsp3) is 0.233. The maximum absolute atomic E-state index is 13.3. The molecule has 3 unspecified atom stereocenters. The van der Waals surface area contributed by atoms with Crippen molar-refractivity contribution >= 4 is 40.8 Å². The third-order valence-electron chi connectivity index (χ3n) is 7.13. The summed E-state index contributed by atoms with van der Waals surface area (Å²) in [6.07, 6.45) is 4.33. The van der Waals surface area contributed by atoms with Crippen LogP contribution in [0.25, 0.3) is 11.2 Å². The van der Waals surface area contributed by atoms with Gasteiger partial charge in [0.05, 0.1) is 30.4 Å². The van der Waals surface area contributed by atoms with Crippen LogP contribution in [0.5, 0.6) is 0 Å². The number of nitrogens with zero attached hydrogens (tertiary/aromatic N) is 4. The van der Waals surface area contributed by atoms with Gasteiger partial charge in [-0.15, -0.1) is 6.58 Å². The fourth-order valence-corrected chi connectivity index (χ4v) is 5.02. The van der Waals surface area contributed by atoms with Crippen molar-refractivity contribution < 1.29 is 14.4 Å². The molecule has 3 atom stereocenters. The summed E-state index contributed by atoms with van der Waals surface area (Å²) in [5.74, 6) is -1.02. The summed E-state index contributed by atoms with van der Waals surface area (Å²) >= 11 is 0. The molecule has 1 amide bonds. The van der Waals surface area contributed by atoms with Crippen LogP contribution in [0, 0.1) is 5.92 Å². The number of rotatable bonds is 10. The minimum atomic E-state index is -0.573. The molecule has 2 aromatic heterocycles. The quantitative estimate of drug-likeness (QED) is 0.153. The highest BCUT2D eigenvalue weighted by atomic mass is 16.2. The molecule has 1 fully saturated rings. The van der Waals surface area contributed by atoms with Crippen LogP contribution in [0.3, 0.4) is 0 Å². The first-order valence-corrected chi connectivity index (χ1v) is 13.2. The average Bonchev–Trinajstić information content (AvgIpc) is 3.34. The van der Waals surface area contributed by atoms with Crippen LogP contribution < -0.4 is 16.2 Å². The van der Waals surface area contributed by atoms with Gasteiger partial charge in [-0.25, -0.2) is 9.97 Å². The molecule has 11 heteroatoms. The lowest BCUT2D eigenvalue weighted by Crippen LogP contribution is -2.39. The Morgan fingerprint density at radius 2 is 1.88 bits per heavy atom. The highest BCUT2D eigenvalue weighted by Gasteiger charge is 2.43. The van der Waals surface area contributed by atoms with E-state index >= 15 is 0 Å². The second-order valence-corrected chi connectivity index (χ2v) is 9.85. The Labute approximate surface area is 235 Å². The van der Waals surface area contributed by atoms with Gasteiger partial charge >= 0.3 is 0 Å².